The van der Waals surface area contributed by atoms with E-state index >= 15 is 0 Å². The fourth-order valence-corrected chi connectivity index (χ4v) is 3.09. The Morgan fingerprint density at radius 3 is 3.00 bits per heavy atom. The number of ether oxygens (including phenoxy) is 1. The Kier molecular flexibility index (Phi) is 3.49. The number of aromatic nitrogens is 1. The number of fused-ring (bicyclic) bond motifs is 1. The fraction of sp³-hybridized carbons (Fsp3) is 0.438. The molecule has 0 aliphatic carbocycles. The molecule has 2 aromatic rings. The maximum Gasteiger partial charge on any atom is 0.259 e. The third kappa shape index (κ3) is 2.20. The third-order valence-corrected chi connectivity index (χ3v) is 4.22. The molecule has 0 radical (unpaired) electrons. The van der Waals surface area contributed by atoms with Crippen LogP contribution in [0.4, 0.5) is 5.82 Å². The maximum atomic E-state index is 12.6. The molecule has 3 rings (SSSR count). The van der Waals surface area contributed by atoms with E-state index in [4.69, 9.17) is 10.5 Å². The van der Waals surface area contributed by atoms with Crippen molar-refractivity contribution in [1.82, 2.24) is 4.57 Å². The van der Waals surface area contributed by atoms with Gasteiger partial charge in [0.2, 0.25) is 0 Å². The third-order valence-electron chi connectivity index (χ3n) is 4.22. The minimum atomic E-state index is 0.00218. The van der Waals surface area contributed by atoms with Crippen LogP contribution in [0, 0.1) is 5.92 Å². The van der Waals surface area contributed by atoms with Gasteiger partial charge >= 0.3 is 0 Å². The molecule has 2 atom stereocenters. The van der Waals surface area contributed by atoms with Gasteiger partial charge in [-0.2, -0.15) is 0 Å². The van der Waals surface area contributed by atoms with Gasteiger partial charge in [0.15, 0.2) is 0 Å². The molecule has 1 fully saturated rings. The molecule has 0 spiro atoms. The Balaban J connectivity index is 2.01. The van der Waals surface area contributed by atoms with Gasteiger partial charge in [-0.05, 0) is 30.4 Å². The van der Waals surface area contributed by atoms with Crippen LogP contribution < -0.4 is 11.3 Å². The highest BCUT2D eigenvalue weighted by molar-refractivity contribution is 5.83. The Morgan fingerprint density at radius 2 is 2.20 bits per heavy atom. The first kappa shape index (κ1) is 13.2. The van der Waals surface area contributed by atoms with Gasteiger partial charge in [0.05, 0.1) is 6.10 Å². The summed E-state index contributed by atoms with van der Waals surface area (Å²) in [7, 11) is 0. The van der Waals surface area contributed by atoms with Crippen LogP contribution in [0.15, 0.2) is 35.1 Å². The zero-order chi connectivity index (χ0) is 14.1. The van der Waals surface area contributed by atoms with Crippen LogP contribution in [0.5, 0.6) is 0 Å². The average molecular weight is 272 g/mol. The normalized spacial score (nSPS) is 22.4. The monoisotopic (exact) mass is 272 g/mol. The molecule has 1 aliphatic rings. The van der Waals surface area contributed by atoms with Crippen LogP contribution in [-0.4, -0.2) is 17.3 Å². The molecular weight excluding hydrogens is 252 g/mol. The van der Waals surface area contributed by atoms with E-state index in [-0.39, 0.29) is 11.7 Å². The number of pyridine rings is 1. The van der Waals surface area contributed by atoms with Crippen LogP contribution in [0.3, 0.4) is 0 Å². The quantitative estimate of drug-likeness (QED) is 0.933. The molecule has 0 bridgehead atoms. The molecule has 4 heteroatoms. The lowest BCUT2D eigenvalue weighted by molar-refractivity contribution is 0.0834. The topological polar surface area (TPSA) is 57.2 Å². The van der Waals surface area contributed by atoms with Crippen LogP contribution >= 0.6 is 0 Å². The first-order valence-corrected chi connectivity index (χ1v) is 7.20. The van der Waals surface area contributed by atoms with Gasteiger partial charge in [-0.15, -0.1) is 0 Å². The van der Waals surface area contributed by atoms with Crippen LogP contribution in [0.1, 0.15) is 19.8 Å². The molecule has 1 aromatic carbocycles. The van der Waals surface area contributed by atoms with Gasteiger partial charge < -0.3 is 10.5 Å². The zero-order valence-corrected chi connectivity index (χ0v) is 11.7. The second-order valence-corrected chi connectivity index (χ2v) is 5.44. The summed E-state index contributed by atoms with van der Waals surface area (Å²) in [5, 5.41) is 1.63. The largest absolute Gasteiger partial charge is 0.385 e. The second-order valence-electron chi connectivity index (χ2n) is 5.44. The highest BCUT2D eigenvalue weighted by atomic mass is 16.5. The van der Waals surface area contributed by atoms with E-state index in [1.54, 1.807) is 4.57 Å². The molecule has 20 heavy (non-hydrogen) atoms. The summed E-state index contributed by atoms with van der Waals surface area (Å²) in [5.41, 5.74) is 6.08. The van der Waals surface area contributed by atoms with Crippen molar-refractivity contribution in [2.75, 3.05) is 12.3 Å². The van der Waals surface area contributed by atoms with E-state index in [0.29, 0.717) is 18.3 Å². The average Bonchev–Trinajstić information content (AvgIpc) is 2.90. The standard InChI is InChI=1S/C16H20N2O2/c1-2-14-12(7-8-20-14)10-18-15(17)9-11-5-3-4-6-13(11)16(18)19/h3-6,9,12,14H,2,7-8,10,17H2,1H3. The number of benzene rings is 1. The van der Waals surface area contributed by atoms with Crippen molar-refractivity contribution in [2.45, 2.75) is 32.4 Å². The number of hydrogen-bond acceptors (Lipinski definition) is 3. The van der Waals surface area contributed by atoms with Crippen LogP contribution in [0.25, 0.3) is 10.8 Å². The van der Waals surface area contributed by atoms with Crippen molar-refractivity contribution in [2.24, 2.45) is 5.92 Å². The van der Waals surface area contributed by atoms with Gasteiger partial charge in [-0.3, -0.25) is 9.36 Å². The van der Waals surface area contributed by atoms with Crippen molar-refractivity contribution >= 4 is 16.6 Å². The molecule has 2 N–H and O–H groups in total. The number of hydrogen-bond donors (Lipinski definition) is 1. The Hall–Kier alpha value is -1.81. The van der Waals surface area contributed by atoms with Crippen molar-refractivity contribution < 1.29 is 4.74 Å². The lowest BCUT2D eigenvalue weighted by Crippen LogP contribution is -2.29. The minimum Gasteiger partial charge on any atom is -0.385 e. The molecule has 1 aromatic heterocycles. The second kappa shape index (κ2) is 5.29. The number of nitrogen functional groups attached to an aromatic ring is 1. The number of nitrogens with zero attached hydrogens (tertiary/aromatic N) is 1. The predicted molar refractivity (Wildman–Crippen MR) is 80.8 cm³/mol. The number of nitrogens with two attached hydrogens (primary N) is 1. The van der Waals surface area contributed by atoms with E-state index < -0.39 is 0 Å². The summed E-state index contributed by atoms with van der Waals surface area (Å²) in [6.45, 7) is 3.55. The predicted octanol–water partition coefficient (Wildman–Crippen LogP) is 2.40. The summed E-state index contributed by atoms with van der Waals surface area (Å²) >= 11 is 0. The SMILES string of the molecule is CCC1OCCC1Cn1c(N)cc2ccccc2c1=O. The van der Waals surface area contributed by atoms with Gasteiger partial charge in [0, 0.05) is 24.5 Å². The Labute approximate surface area is 118 Å². The highest BCUT2D eigenvalue weighted by Crippen LogP contribution is 2.25. The minimum absolute atomic E-state index is 0.00218. The number of anilines is 1. The van der Waals surface area contributed by atoms with Crippen LogP contribution in [-0.2, 0) is 11.3 Å². The van der Waals surface area contributed by atoms with Gasteiger partial charge in [0.1, 0.15) is 5.82 Å². The first-order chi connectivity index (χ1) is 9.70. The molecule has 2 unspecified atom stereocenters. The van der Waals surface area contributed by atoms with E-state index in [9.17, 15) is 4.79 Å². The zero-order valence-electron chi connectivity index (χ0n) is 11.7. The van der Waals surface area contributed by atoms with E-state index in [2.05, 4.69) is 6.92 Å². The van der Waals surface area contributed by atoms with Crippen molar-refractivity contribution in [3.63, 3.8) is 0 Å². The summed E-state index contributed by atoms with van der Waals surface area (Å²) in [4.78, 5) is 12.6. The van der Waals surface area contributed by atoms with Gasteiger partial charge in [-0.1, -0.05) is 25.1 Å². The van der Waals surface area contributed by atoms with Crippen molar-refractivity contribution in [3.8, 4) is 0 Å². The Bertz CT molecular complexity index is 678. The maximum absolute atomic E-state index is 12.6. The molecule has 1 aliphatic heterocycles. The van der Waals surface area contributed by atoms with E-state index in [1.165, 1.54) is 0 Å². The summed E-state index contributed by atoms with van der Waals surface area (Å²) < 4.78 is 7.40. The molecule has 0 amide bonds. The summed E-state index contributed by atoms with van der Waals surface area (Å²) in [5.74, 6) is 0.914. The van der Waals surface area contributed by atoms with E-state index in [0.717, 1.165) is 30.2 Å². The van der Waals surface area contributed by atoms with Gasteiger partial charge in [0.25, 0.3) is 5.56 Å². The summed E-state index contributed by atoms with van der Waals surface area (Å²) in [6.07, 6.45) is 2.22. The number of rotatable bonds is 3. The lowest BCUT2D eigenvalue weighted by Gasteiger charge is -2.19. The smallest absolute Gasteiger partial charge is 0.259 e. The van der Waals surface area contributed by atoms with Crippen molar-refractivity contribution in [1.29, 1.82) is 0 Å². The molecule has 0 saturated carbocycles. The molecule has 106 valence electrons. The lowest BCUT2D eigenvalue weighted by atomic mass is 9.99. The molecule has 4 nitrogen and oxygen atoms in total. The Morgan fingerprint density at radius 1 is 1.40 bits per heavy atom. The molecular formula is C16H20N2O2. The van der Waals surface area contributed by atoms with Crippen LogP contribution in [0.2, 0.25) is 0 Å². The fourth-order valence-electron chi connectivity index (χ4n) is 3.09. The van der Waals surface area contributed by atoms with E-state index in [1.807, 2.05) is 30.3 Å². The first-order valence-electron chi connectivity index (χ1n) is 7.20. The molecule has 1 saturated heterocycles. The molecule has 2 heterocycles. The summed E-state index contributed by atoms with van der Waals surface area (Å²) in [6, 6.07) is 9.47. The van der Waals surface area contributed by atoms with Gasteiger partial charge in [-0.25, -0.2) is 0 Å². The highest BCUT2D eigenvalue weighted by Gasteiger charge is 2.27. The van der Waals surface area contributed by atoms with Crippen molar-refractivity contribution in [3.05, 3.63) is 40.7 Å².